The molecule has 5 nitrogen and oxygen atoms in total. The Morgan fingerprint density at radius 2 is 1.96 bits per heavy atom. The Kier molecular flexibility index (Phi) is 4.12. The first-order valence-electron chi connectivity index (χ1n) is 7.26. The lowest BCUT2D eigenvalue weighted by Crippen LogP contribution is -2.50. The van der Waals surface area contributed by atoms with E-state index in [0.29, 0.717) is 12.0 Å². The summed E-state index contributed by atoms with van der Waals surface area (Å²) in [5.41, 5.74) is -2.02. The molecule has 0 bridgehead atoms. The van der Waals surface area contributed by atoms with Crippen LogP contribution in [0.25, 0.3) is 0 Å². The van der Waals surface area contributed by atoms with Crippen molar-refractivity contribution < 1.29 is 27.8 Å². The van der Waals surface area contributed by atoms with Gasteiger partial charge in [-0.05, 0) is 37.0 Å². The normalized spacial score (nSPS) is 22.9. The van der Waals surface area contributed by atoms with E-state index in [4.69, 9.17) is 9.47 Å². The van der Waals surface area contributed by atoms with Gasteiger partial charge in [-0.3, -0.25) is 4.79 Å². The van der Waals surface area contributed by atoms with E-state index in [9.17, 15) is 18.4 Å². The lowest BCUT2D eigenvalue weighted by atomic mass is 10.0. The van der Waals surface area contributed by atoms with Crippen LogP contribution in [0.5, 0.6) is 0 Å². The molecule has 122 valence electrons. The largest absolute Gasteiger partial charge is 0.463 e. The van der Waals surface area contributed by atoms with Gasteiger partial charge in [0.2, 0.25) is 0 Å². The van der Waals surface area contributed by atoms with Crippen molar-refractivity contribution >= 4 is 17.6 Å². The minimum absolute atomic E-state index is 0.0729. The second-order valence-corrected chi connectivity index (χ2v) is 5.60. The maximum absolute atomic E-state index is 13.2. The zero-order chi connectivity index (χ0) is 16.4. The van der Waals surface area contributed by atoms with Crippen molar-refractivity contribution in [2.45, 2.75) is 18.4 Å². The van der Waals surface area contributed by atoms with Gasteiger partial charge in [-0.2, -0.15) is 0 Å². The highest BCUT2D eigenvalue weighted by atomic mass is 19.1. The van der Waals surface area contributed by atoms with Crippen LogP contribution < -0.4 is 5.32 Å². The smallest absolute Gasteiger partial charge is 0.352 e. The Bertz CT molecular complexity index is 652. The van der Waals surface area contributed by atoms with Crippen molar-refractivity contribution in [3.8, 4) is 0 Å². The van der Waals surface area contributed by atoms with Crippen LogP contribution in [0.2, 0.25) is 0 Å². The Balaban J connectivity index is 1.75. The SMILES string of the molecule is O=C(Nc1cc(F)cc(F)c1)C1(C(=O)OCC2CC2)C=CCO1. The third kappa shape index (κ3) is 3.39. The summed E-state index contributed by atoms with van der Waals surface area (Å²) < 4.78 is 36.8. The minimum Gasteiger partial charge on any atom is -0.463 e. The van der Waals surface area contributed by atoms with E-state index in [-0.39, 0.29) is 18.9 Å². The van der Waals surface area contributed by atoms with Crippen LogP contribution in [0.4, 0.5) is 14.5 Å². The van der Waals surface area contributed by atoms with Crippen molar-refractivity contribution in [3.63, 3.8) is 0 Å². The number of ether oxygens (including phenoxy) is 2. The molecule has 1 heterocycles. The second-order valence-electron chi connectivity index (χ2n) is 5.60. The molecule has 1 N–H and O–H groups in total. The molecule has 1 aromatic rings. The van der Waals surface area contributed by atoms with Crippen molar-refractivity contribution in [1.29, 1.82) is 0 Å². The van der Waals surface area contributed by atoms with Crippen LogP contribution >= 0.6 is 0 Å². The average molecular weight is 323 g/mol. The highest BCUT2D eigenvalue weighted by molar-refractivity contribution is 6.14. The minimum atomic E-state index is -1.92. The van der Waals surface area contributed by atoms with Gasteiger partial charge in [0.25, 0.3) is 11.5 Å². The fraction of sp³-hybridized carbons (Fsp3) is 0.375. The molecule has 0 radical (unpaired) electrons. The number of hydrogen-bond acceptors (Lipinski definition) is 4. The molecule has 1 aliphatic carbocycles. The zero-order valence-electron chi connectivity index (χ0n) is 12.2. The summed E-state index contributed by atoms with van der Waals surface area (Å²) in [4.78, 5) is 24.7. The van der Waals surface area contributed by atoms with Gasteiger partial charge < -0.3 is 14.8 Å². The van der Waals surface area contributed by atoms with Crippen LogP contribution in [0.3, 0.4) is 0 Å². The molecule has 1 atom stereocenters. The van der Waals surface area contributed by atoms with E-state index >= 15 is 0 Å². The van der Waals surface area contributed by atoms with Crippen molar-refractivity contribution in [1.82, 2.24) is 0 Å². The number of esters is 1. The number of carbonyl (C=O) groups excluding carboxylic acids is 2. The first-order chi connectivity index (χ1) is 11.0. The summed E-state index contributed by atoms with van der Waals surface area (Å²) in [6.45, 7) is 0.309. The van der Waals surface area contributed by atoms with E-state index in [1.54, 1.807) is 0 Å². The van der Waals surface area contributed by atoms with Gasteiger partial charge in [0, 0.05) is 11.8 Å². The summed E-state index contributed by atoms with van der Waals surface area (Å²) in [7, 11) is 0. The molecular weight excluding hydrogens is 308 g/mol. The predicted octanol–water partition coefficient (Wildman–Crippen LogP) is 2.18. The number of halogens is 2. The van der Waals surface area contributed by atoms with E-state index in [2.05, 4.69) is 5.32 Å². The zero-order valence-corrected chi connectivity index (χ0v) is 12.2. The molecule has 1 saturated carbocycles. The first kappa shape index (κ1) is 15.6. The number of nitrogens with one attached hydrogen (secondary N) is 1. The maximum Gasteiger partial charge on any atom is 0.352 e. The molecule has 0 saturated heterocycles. The van der Waals surface area contributed by atoms with Gasteiger partial charge in [-0.25, -0.2) is 13.6 Å². The van der Waals surface area contributed by atoms with Crippen LogP contribution in [0, 0.1) is 17.6 Å². The highest BCUT2D eigenvalue weighted by Crippen LogP contribution is 2.30. The summed E-state index contributed by atoms with van der Waals surface area (Å²) in [6, 6.07) is 2.58. The molecular formula is C16H15F2NO4. The number of rotatable bonds is 5. The topological polar surface area (TPSA) is 64.6 Å². The molecule has 3 rings (SSSR count). The van der Waals surface area contributed by atoms with Crippen LogP contribution in [0.15, 0.2) is 30.4 Å². The van der Waals surface area contributed by atoms with Crippen molar-refractivity contribution in [2.75, 3.05) is 18.5 Å². The Hall–Kier alpha value is -2.28. The second kappa shape index (κ2) is 6.08. The van der Waals surface area contributed by atoms with Gasteiger partial charge >= 0.3 is 5.97 Å². The van der Waals surface area contributed by atoms with E-state index in [1.165, 1.54) is 12.2 Å². The van der Waals surface area contributed by atoms with Gasteiger partial charge in [0.05, 0.1) is 13.2 Å². The Morgan fingerprint density at radius 3 is 2.52 bits per heavy atom. The molecule has 0 aromatic heterocycles. The van der Waals surface area contributed by atoms with Gasteiger partial charge in [0.15, 0.2) is 0 Å². The molecule has 7 heteroatoms. The number of carbonyl (C=O) groups is 2. The first-order valence-corrected chi connectivity index (χ1v) is 7.26. The summed E-state index contributed by atoms with van der Waals surface area (Å²) in [5, 5.41) is 2.29. The third-order valence-electron chi connectivity index (χ3n) is 3.67. The maximum atomic E-state index is 13.2. The fourth-order valence-corrected chi connectivity index (χ4v) is 2.24. The summed E-state index contributed by atoms with van der Waals surface area (Å²) in [5.74, 6) is -3.02. The standard InChI is InChI=1S/C16H15F2NO4/c17-11-6-12(18)8-13(7-11)19-14(20)16(4-1-5-23-16)15(21)22-9-10-2-3-10/h1,4,6-8,10H,2-3,5,9H2,(H,19,20). The molecule has 1 amide bonds. The average Bonchev–Trinajstić information content (AvgIpc) is 3.17. The Morgan fingerprint density at radius 1 is 1.26 bits per heavy atom. The van der Waals surface area contributed by atoms with Crippen LogP contribution in [-0.2, 0) is 19.1 Å². The Labute approximate surface area is 131 Å². The molecule has 1 aromatic carbocycles. The third-order valence-corrected chi connectivity index (χ3v) is 3.67. The lowest BCUT2D eigenvalue weighted by Gasteiger charge is -2.23. The summed E-state index contributed by atoms with van der Waals surface area (Å²) in [6.07, 6.45) is 4.80. The van der Waals surface area contributed by atoms with Crippen molar-refractivity contribution in [2.24, 2.45) is 5.92 Å². The quantitative estimate of drug-likeness (QED) is 0.512. The van der Waals surface area contributed by atoms with Gasteiger partial charge in [-0.1, -0.05) is 6.08 Å². The monoisotopic (exact) mass is 323 g/mol. The van der Waals surface area contributed by atoms with Crippen molar-refractivity contribution in [3.05, 3.63) is 42.0 Å². The molecule has 1 aliphatic heterocycles. The van der Waals surface area contributed by atoms with E-state index in [0.717, 1.165) is 25.0 Å². The molecule has 1 unspecified atom stereocenters. The number of amides is 1. The number of hydrogen-bond donors (Lipinski definition) is 1. The molecule has 1 fully saturated rings. The predicted molar refractivity (Wildman–Crippen MR) is 76.5 cm³/mol. The lowest BCUT2D eigenvalue weighted by molar-refractivity contribution is -0.167. The fourth-order valence-electron chi connectivity index (χ4n) is 2.24. The molecule has 0 spiro atoms. The molecule has 23 heavy (non-hydrogen) atoms. The van der Waals surface area contributed by atoms with E-state index in [1.807, 2.05) is 0 Å². The highest BCUT2D eigenvalue weighted by Gasteiger charge is 2.49. The van der Waals surface area contributed by atoms with Crippen LogP contribution in [-0.4, -0.2) is 30.7 Å². The summed E-state index contributed by atoms with van der Waals surface area (Å²) >= 11 is 0. The number of benzene rings is 1. The van der Waals surface area contributed by atoms with Crippen LogP contribution in [0.1, 0.15) is 12.8 Å². The van der Waals surface area contributed by atoms with Gasteiger partial charge in [0.1, 0.15) is 11.6 Å². The molecule has 2 aliphatic rings. The van der Waals surface area contributed by atoms with Gasteiger partial charge in [-0.15, -0.1) is 0 Å². The van der Waals surface area contributed by atoms with E-state index < -0.39 is 29.1 Å². The number of anilines is 1.